The predicted molar refractivity (Wildman–Crippen MR) is 105 cm³/mol. The number of fused-ring (bicyclic) bond motifs is 1. The van der Waals surface area contributed by atoms with E-state index in [1.165, 1.54) is 3.97 Å². The van der Waals surface area contributed by atoms with Crippen LogP contribution in [0.5, 0.6) is 0 Å². The Bertz CT molecular complexity index is 1060. The molecule has 1 aromatic carbocycles. The molecule has 2 aliphatic carbocycles. The molecule has 0 aliphatic heterocycles. The molecule has 0 amide bonds. The Labute approximate surface area is 159 Å². The van der Waals surface area contributed by atoms with Crippen molar-refractivity contribution in [1.29, 1.82) is 0 Å². The molecule has 1 heterocycles. The lowest BCUT2D eigenvalue weighted by atomic mass is 10.0. The smallest absolute Gasteiger partial charge is 0.309 e. The summed E-state index contributed by atoms with van der Waals surface area (Å²) in [6.45, 7) is 3.92. The Morgan fingerprint density at radius 2 is 2.11 bits per heavy atom. The fourth-order valence-electron chi connectivity index (χ4n) is 3.87. The minimum atomic E-state index is -3.62. The van der Waals surface area contributed by atoms with Gasteiger partial charge in [0, 0.05) is 11.6 Å². The molecule has 5 nitrogen and oxygen atoms in total. The second kappa shape index (κ2) is 6.37. The van der Waals surface area contributed by atoms with Gasteiger partial charge in [-0.1, -0.05) is 36.4 Å². The average Bonchev–Trinajstić information content (AvgIpc) is 3.32. The SMILES string of the molecule is CCOC(=O)C1CC1c1cccc2c1ccn2S(=O)(=O)C1(C)C=CC=CC1. The van der Waals surface area contributed by atoms with Crippen LogP contribution in [-0.4, -0.2) is 29.7 Å². The summed E-state index contributed by atoms with van der Waals surface area (Å²) in [5.41, 5.74) is 1.68. The Hall–Kier alpha value is -2.34. The van der Waals surface area contributed by atoms with E-state index in [0.29, 0.717) is 18.5 Å². The topological polar surface area (TPSA) is 65.4 Å². The molecule has 6 heteroatoms. The highest BCUT2D eigenvalue weighted by molar-refractivity contribution is 7.91. The van der Waals surface area contributed by atoms with Crippen molar-refractivity contribution >= 4 is 26.9 Å². The lowest BCUT2D eigenvalue weighted by molar-refractivity contribution is -0.144. The summed E-state index contributed by atoms with van der Waals surface area (Å²) in [6, 6.07) is 7.51. The number of hydrogen-bond donors (Lipinski definition) is 0. The van der Waals surface area contributed by atoms with Crippen molar-refractivity contribution in [1.82, 2.24) is 3.97 Å². The van der Waals surface area contributed by atoms with E-state index in [2.05, 4.69) is 0 Å². The third-order valence-electron chi connectivity index (χ3n) is 5.58. The fourth-order valence-corrected chi connectivity index (χ4v) is 5.52. The summed E-state index contributed by atoms with van der Waals surface area (Å²) in [5, 5.41) is 0.886. The molecule has 142 valence electrons. The monoisotopic (exact) mass is 385 g/mol. The fraction of sp³-hybridized carbons (Fsp3) is 0.381. The van der Waals surface area contributed by atoms with Gasteiger partial charge in [0.25, 0.3) is 0 Å². The van der Waals surface area contributed by atoms with E-state index in [9.17, 15) is 13.2 Å². The van der Waals surface area contributed by atoms with E-state index in [1.54, 1.807) is 32.2 Å². The van der Waals surface area contributed by atoms with Crippen LogP contribution in [0.4, 0.5) is 0 Å². The molecule has 0 saturated heterocycles. The second-order valence-corrected chi connectivity index (χ2v) is 9.68. The predicted octanol–water partition coefficient (Wildman–Crippen LogP) is 3.76. The first-order valence-electron chi connectivity index (χ1n) is 9.25. The lowest BCUT2D eigenvalue weighted by Gasteiger charge is -2.27. The van der Waals surface area contributed by atoms with Crippen LogP contribution < -0.4 is 0 Å². The standard InChI is InChI=1S/C21H23NO4S/c1-3-26-20(23)18-14-17(18)15-8-7-9-19-16(15)10-13-22(19)27(24,25)21(2)11-5-4-6-12-21/h4-11,13,17-18H,3,12,14H2,1-2H3. The molecule has 0 N–H and O–H groups in total. The van der Waals surface area contributed by atoms with Gasteiger partial charge in [0.1, 0.15) is 4.75 Å². The zero-order valence-electron chi connectivity index (χ0n) is 15.5. The Morgan fingerprint density at radius 3 is 2.81 bits per heavy atom. The van der Waals surface area contributed by atoms with Gasteiger partial charge in [0.2, 0.25) is 10.0 Å². The van der Waals surface area contributed by atoms with Crippen molar-refractivity contribution in [3.05, 3.63) is 60.3 Å². The number of nitrogens with zero attached hydrogens (tertiary/aromatic N) is 1. The Balaban J connectivity index is 1.73. The number of esters is 1. The minimum absolute atomic E-state index is 0.0967. The van der Waals surface area contributed by atoms with E-state index in [4.69, 9.17) is 4.74 Å². The van der Waals surface area contributed by atoms with Crippen LogP contribution in [0, 0.1) is 5.92 Å². The number of allylic oxidation sites excluding steroid dienone is 3. The van der Waals surface area contributed by atoms with Crippen LogP contribution in [0.3, 0.4) is 0 Å². The number of rotatable bonds is 5. The van der Waals surface area contributed by atoms with Gasteiger partial charge in [0.05, 0.1) is 18.0 Å². The molecule has 4 rings (SSSR count). The Morgan fingerprint density at radius 1 is 1.30 bits per heavy atom. The molecule has 2 aliphatic rings. The van der Waals surface area contributed by atoms with Crippen molar-refractivity contribution in [3.8, 4) is 0 Å². The molecule has 0 bridgehead atoms. The number of hydrogen-bond acceptors (Lipinski definition) is 4. The highest BCUT2D eigenvalue weighted by atomic mass is 32.2. The van der Waals surface area contributed by atoms with Crippen LogP contribution in [0.15, 0.2) is 54.8 Å². The number of carbonyl (C=O) groups excluding carboxylic acids is 1. The molecule has 1 aromatic heterocycles. The third kappa shape index (κ3) is 2.83. The van der Waals surface area contributed by atoms with E-state index in [0.717, 1.165) is 17.4 Å². The van der Waals surface area contributed by atoms with Crippen LogP contribution >= 0.6 is 0 Å². The van der Waals surface area contributed by atoms with Gasteiger partial charge < -0.3 is 4.74 Å². The lowest BCUT2D eigenvalue weighted by Crippen LogP contribution is -2.37. The average molecular weight is 385 g/mol. The number of aromatic nitrogens is 1. The second-order valence-electron chi connectivity index (χ2n) is 7.40. The number of benzene rings is 1. The van der Waals surface area contributed by atoms with Crippen molar-refractivity contribution < 1.29 is 17.9 Å². The van der Waals surface area contributed by atoms with Gasteiger partial charge in [-0.25, -0.2) is 12.4 Å². The van der Waals surface area contributed by atoms with Crippen LogP contribution in [0.1, 0.15) is 38.2 Å². The van der Waals surface area contributed by atoms with Crippen LogP contribution in [-0.2, 0) is 19.6 Å². The molecule has 2 aromatic rings. The summed E-state index contributed by atoms with van der Waals surface area (Å²) in [4.78, 5) is 12.0. The normalized spacial score (nSPS) is 27.0. The van der Waals surface area contributed by atoms with Gasteiger partial charge in [-0.15, -0.1) is 0 Å². The molecule has 1 saturated carbocycles. The molecular formula is C21H23NO4S. The summed E-state index contributed by atoms with van der Waals surface area (Å²) >= 11 is 0. The number of ether oxygens (including phenoxy) is 1. The number of carbonyl (C=O) groups is 1. The molecule has 27 heavy (non-hydrogen) atoms. The minimum Gasteiger partial charge on any atom is -0.466 e. The van der Waals surface area contributed by atoms with Gasteiger partial charge in [-0.3, -0.25) is 4.79 Å². The zero-order valence-corrected chi connectivity index (χ0v) is 16.3. The van der Waals surface area contributed by atoms with Gasteiger partial charge in [-0.05, 0) is 50.3 Å². The maximum absolute atomic E-state index is 13.3. The molecular weight excluding hydrogens is 362 g/mol. The first kappa shape index (κ1) is 18.0. The van der Waals surface area contributed by atoms with Crippen molar-refractivity contribution in [2.75, 3.05) is 6.61 Å². The first-order valence-corrected chi connectivity index (χ1v) is 10.7. The zero-order chi connectivity index (χ0) is 19.2. The van der Waals surface area contributed by atoms with E-state index in [-0.39, 0.29) is 17.8 Å². The molecule has 0 spiro atoms. The summed E-state index contributed by atoms with van der Waals surface area (Å²) in [6.07, 6.45) is 10.1. The van der Waals surface area contributed by atoms with E-state index in [1.807, 2.05) is 36.4 Å². The Kier molecular flexibility index (Phi) is 4.26. The van der Waals surface area contributed by atoms with Crippen molar-refractivity contribution in [2.45, 2.75) is 37.4 Å². The molecule has 1 fully saturated rings. The van der Waals surface area contributed by atoms with E-state index < -0.39 is 14.8 Å². The van der Waals surface area contributed by atoms with Gasteiger partial charge in [-0.2, -0.15) is 0 Å². The van der Waals surface area contributed by atoms with Crippen LogP contribution in [0.2, 0.25) is 0 Å². The maximum atomic E-state index is 13.3. The summed E-state index contributed by atoms with van der Waals surface area (Å²) < 4.78 is 32.2. The highest BCUT2D eigenvalue weighted by Gasteiger charge is 2.46. The van der Waals surface area contributed by atoms with E-state index >= 15 is 0 Å². The highest BCUT2D eigenvalue weighted by Crippen LogP contribution is 2.50. The van der Waals surface area contributed by atoms with Crippen molar-refractivity contribution in [2.24, 2.45) is 5.92 Å². The molecule has 0 radical (unpaired) electrons. The summed E-state index contributed by atoms with van der Waals surface area (Å²) in [7, 11) is -3.62. The largest absolute Gasteiger partial charge is 0.466 e. The molecule has 3 unspecified atom stereocenters. The third-order valence-corrected chi connectivity index (χ3v) is 7.90. The molecule has 3 atom stereocenters. The van der Waals surface area contributed by atoms with Gasteiger partial charge >= 0.3 is 5.97 Å². The first-order chi connectivity index (χ1) is 12.9. The van der Waals surface area contributed by atoms with Gasteiger partial charge in [0.15, 0.2) is 0 Å². The summed E-state index contributed by atoms with van der Waals surface area (Å²) in [5.74, 6) is -0.197. The quantitative estimate of drug-likeness (QED) is 0.735. The van der Waals surface area contributed by atoms with Crippen LogP contribution in [0.25, 0.3) is 10.9 Å². The maximum Gasteiger partial charge on any atom is 0.309 e. The van der Waals surface area contributed by atoms with Crippen molar-refractivity contribution in [3.63, 3.8) is 0 Å².